The lowest BCUT2D eigenvalue weighted by Gasteiger charge is -2.20. The lowest BCUT2D eigenvalue weighted by atomic mass is 9.90. The van der Waals surface area contributed by atoms with E-state index in [1.165, 1.54) is 0 Å². The van der Waals surface area contributed by atoms with Gasteiger partial charge < -0.3 is 5.32 Å². The number of hydrogen-bond acceptors (Lipinski definition) is 1. The van der Waals surface area contributed by atoms with Crippen molar-refractivity contribution in [1.82, 2.24) is 5.32 Å². The molecule has 0 bridgehead atoms. The minimum absolute atomic E-state index is 0.0664. The van der Waals surface area contributed by atoms with Gasteiger partial charge in [-0.1, -0.05) is 67.6 Å². The summed E-state index contributed by atoms with van der Waals surface area (Å²) < 4.78 is 0. The highest BCUT2D eigenvalue weighted by Gasteiger charge is 2.23. The summed E-state index contributed by atoms with van der Waals surface area (Å²) in [5.41, 5.74) is 2.05. The molecule has 0 aliphatic rings. The maximum Gasteiger partial charge on any atom is 0.232 e. The van der Waals surface area contributed by atoms with Crippen molar-refractivity contribution in [2.75, 3.05) is 0 Å². The van der Waals surface area contributed by atoms with Crippen LogP contribution in [0.4, 0.5) is 0 Å². The third-order valence-corrected chi connectivity index (χ3v) is 3.53. The van der Waals surface area contributed by atoms with Crippen LogP contribution in [0.5, 0.6) is 0 Å². The van der Waals surface area contributed by atoms with Crippen molar-refractivity contribution >= 4 is 5.91 Å². The van der Waals surface area contributed by atoms with Gasteiger partial charge in [0.1, 0.15) is 0 Å². The van der Waals surface area contributed by atoms with E-state index in [0.717, 1.165) is 17.5 Å². The van der Waals surface area contributed by atoms with Crippen LogP contribution in [0.25, 0.3) is 0 Å². The zero-order valence-corrected chi connectivity index (χ0v) is 12.0. The second-order valence-electron chi connectivity index (χ2n) is 5.07. The SMILES string of the molecule is CC[C@H](C)NC(=O)C(c1ccccc1)c1ccccc1. The van der Waals surface area contributed by atoms with Crippen LogP contribution in [0.3, 0.4) is 0 Å². The van der Waals surface area contributed by atoms with Gasteiger partial charge in [0.25, 0.3) is 0 Å². The molecule has 0 unspecified atom stereocenters. The molecule has 20 heavy (non-hydrogen) atoms. The summed E-state index contributed by atoms with van der Waals surface area (Å²) in [6, 6.07) is 20.1. The third kappa shape index (κ3) is 3.47. The summed E-state index contributed by atoms with van der Waals surface area (Å²) in [5.74, 6) is -0.178. The van der Waals surface area contributed by atoms with E-state index in [2.05, 4.69) is 12.2 Å². The van der Waals surface area contributed by atoms with Crippen molar-refractivity contribution in [2.45, 2.75) is 32.2 Å². The fraction of sp³-hybridized carbons (Fsp3) is 0.278. The van der Waals surface area contributed by atoms with Crippen LogP contribution < -0.4 is 5.32 Å². The van der Waals surface area contributed by atoms with Crippen LogP contribution >= 0.6 is 0 Å². The Morgan fingerprint density at radius 3 is 1.80 bits per heavy atom. The number of rotatable bonds is 5. The molecule has 1 N–H and O–H groups in total. The van der Waals surface area contributed by atoms with Crippen LogP contribution in [-0.2, 0) is 4.79 Å². The molecule has 2 nitrogen and oxygen atoms in total. The molecule has 1 amide bonds. The van der Waals surface area contributed by atoms with Crippen LogP contribution in [0.15, 0.2) is 60.7 Å². The van der Waals surface area contributed by atoms with Crippen molar-refractivity contribution < 1.29 is 4.79 Å². The minimum atomic E-state index is -0.244. The first-order chi connectivity index (χ1) is 9.72. The summed E-state index contributed by atoms with van der Waals surface area (Å²) >= 11 is 0. The number of amides is 1. The van der Waals surface area contributed by atoms with E-state index in [1.807, 2.05) is 67.6 Å². The summed E-state index contributed by atoms with van der Waals surface area (Å²) in [7, 11) is 0. The van der Waals surface area contributed by atoms with Gasteiger partial charge in [-0.05, 0) is 24.5 Å². The number of carbonyl (C=O) groups excluding carboxylic acids is 1. The summed E-state index contributed by atoms with van der Waals surface area (Å²) in [6.45, 7) is 4.11. The van der Waals surface area contributed by atoms with Gasteiger partial charge in [-0.3, -0.25) is 4.79 Å². The van der Waals surface area contributed by atoms with Crippen LogP contribution in [-0.4, -0.2) is 11.9 Å². The minimum Gasteiger partial charge on any atom is -0.353 e. The molecule has 0 heterocycles. The average Bonchev–Trinajstić information content (AvgIpc) is 2.49. The van der Waals surface area contributed by atoms with Gasteiger partial charge in [0, 0.05) is 6.04 Å². The van der Waals surface area contributed by atoms with Crippen molar-refractivity contribution in [1.29, 1.82) is 0 Å². The third-order valence-electron chi connectivity index (χ3n) is 3.53. The van der Waals surface area contributed by atoms with E-state index < -0.39 is 0 Å². The molecule has 2 heteroatoms. The Morgan fingerprint density at radius 1 is 0.950 bits per heavy atom. The largest absolute Gasteiger partial charge is 0.353 e. The molecular formula is C18H21NO. The van der Waals surface area contributed by atoms with Gasteiger partial charge in [-0.2, -0.15) is 0 Å². The van der Waals surface area contributed by atoms with Crippen molar-refractivity contribution in [2.24, 2.45) is 0 Å². The molecule has 0 spiro atoms. The molecule has 0 aliphatic carbocycles. The molecule has 2 aromatic carbocycles. The predicted octanol–water partition coefficient (Wildman–Crippen LogP) is 3.73. The standard InChI is InChI=1S/C18H21NO/c1-3-14(2)19-18(20)17(15-10-6-4-7-11-15)16-12-8-5-9-13-16/h4-14,17H,3H2,1-2H3,(H,19,20)/t14-/m0/s1. The summed E-state index contributed by atoms with van der Waals surface area (Å²) in [4.78, 5) is 12.6. The van der Waals surface area contributed by atoms with Crippen LogP contribution in [0, 0.1) is 0 Å². The lowest BCUT2D eigenvalue weighted by molar-refractivity contribution is -0.122. The molecule has 0 fully saturated rings. The highest BCUT2D eigenvalue weighted by Crippen LogP contribution is 2.24. The predicted molar refractivity (Wildman–Crippen MR) is 82.6 cm³/mol. The second kappa shape index (κ2) is 6.90. The molecule has 2 aromatic rings. The van der Waals surface area contributed by atoms with E-state index in [9.17, 15) is 4.79 Å². The number of benzene rings is 2. The Kier molecular flexibility index (Phi) is 4.94. The second-order valence-corrected chi connectivity index (χ2v) is 5.07. The molecular weight excluding hydrogens is 246 g/mol. The highest BCUT2D eigenvalue weighted by molar-refractivity contribution is 5.87. The molecule has 0 saturated heterocycles. The number of nitrogens with one attached hydrogen (secondary N) is 1. The summed E-state index contributed by atoms with van der Waals surface area (Å²) in [6.07, 6.45) is 0.933. The Bertz CT molecular complexity index is 496. The molecule has 0 aromatic heterocycles. The first-order valence-electron chi connectivity index (χ1n) is 7.12. The van der Waals surface area contributed by atoms with E-state index in [0.29, 0.717) is 0 Å². The van der Waals surface area contributed by atoms with Crippen LogP contribution in [0.2, 0.25) is 0 Å². The van der Waals surface area contributed by atoms with Gasteiger partial charge in [-0.15, -0.1) is 0 Å². The number of hydrogen-bond donors (Lipinski definition) is 1. The normalized spacial score (nSPS) is 12.2. The van der Waals surface area contributed by atoms with Crippen molar-refractivity contribution in [3.05, 3.63) is 71.8 Å². The zero-order chi connectivity index (χ0) is 14.4. The van der Waals surface area contributed by atoms with Gasteiger partial charge >= 0.3 is 0 Å². The van der Waals surface area contributed by atoms with E-state index >= 15 is 0 Å². The Balaban J connectivity index is 2.33. The van der Waals surface area contributed by atoms with E-state index in [-0.39, 0.29) is 17.9 Å². The van der Waals surface area contributed by atoms with Gasteiger partial charge in [-0.25, -0.2) is 0 Å². The van der Waals surface area contributed by atoms with Crippen LogP contribution in [0.1, 0.15) is 37.3 Å². The summed E-state index contributed by atoms with van der Waals surface area (Å²) in [5, 5.41) is 3.09. The molecule has 0 aliphatic heterocycles. The zero-order valence-electron chi connectivity index (χ0n) is 12.0. The topological polar surface area (TPSA) is 29.1 Å². The monoisotopic (exact) mass is 267 g/mol. The first-order valence-corrected chi connectivity index (χ1v) is 7.12. The number of carbonyl (C=O) groups is 1. The fourth-order valence-electron chi connectivity index (χ4n) is 2.21. The average molecular weight is 267 g/mol. The van der Waals surface area contributed by atoms with Gasteiger partial charge in [0.2, 0.25) is 5.91 Å². The van der Waals surface area contributed by atoms with Gasteiger partial charge in [0.15, 0.2) is 0 Å². The van der Waals surface area contributed by atoms with Crippen molar-refractivity contribution in [3.8, 4) is 0 Å². The molecule has 2 rings (SSSR count). The fourth-order valence-corrected chi connectivity index (χ4v) is 2.21. The lowest BCUT2D eigenvalue weighted by Crippen LogP contribution is -2.36. The van der Waals surface area contributed by atoms with E-state index in [4.69, 9.17) is 0 Å². The van der Waals surface area contributed by atoms with E-state index in [1.54, 1.807) is 0 Å². The molecule has 0 radical (unpaired) electrons. The maximum atomic E-state index is 12.6. The molecule has 1 atom stereocenters. The maximum absolute atomic E-state index is 12.6. The van der Waals surface area contributed by atoms with Gasteiger partial charge in [0.05, 0.1) is 5.92 Å². The molecule has 104 valence electrons. The molecule has 0 saturated carbocycles. The Hall–Kier alpha value is -2.09. The quantitative estimate of drug-likeness (QED) is 0.878. The first kappa shape index (κ1) is 14.3. The smallest absolute Gasteiger partial charge is 0.232 e. The Labute approximate surface area is 120 Å². The Morgan fingerprint density at radius 2 is 1.40 bits per heavy atom. The van der Waals surface area contributed by atoms with Crippen molar-refractivity contribution in [3.63, 3.8) is 0 Å². The highest BCUT2D eigenvalue weighted by atomic mass is 16.1.